The van der Waals surface area contributed by atoms with E-state index in [1.165, 1.54) is 12.1 Å². The Morgan fingerprint density at radius 1 is 1.33 bits per heavy atom. The van der Waals surface area contributed by atoms with Crippen LogP contribution in [0.4, 0.5) is 4.39 Å². The average molecular weight is 291 g/mol. The third kappa shape index (κ3) is 3.08. The number of halogens is 1. The molecule has 0 aliphatic carbocycles. The van der Waals surface area contributed by atoms with E-state index in [1.54, 1.807) is 13.2 Å². The Hall–Kier alpha value is -1.88. The van der Waals surface area contributed by atoms with Crippen LogP contribution >= 0.6 is 0 Å². The lowest BCUT2D eigenvalue weighted by Crippen LogP contribution is -2.22. The lowest BCUT2D eigenvalue weighted by Gasteiger charge is -2.20. The van der Waals surface area contributed by atoms with E-state index in [9.17, 15) is 4.39 Å². The van der Waals surface area contributed by atoms with Crippen LogP contribution in [0.25, 0.3) is 0 Å². The summed E-state index contributed by atoms with van der Waals surface area (Å²) in [4.78, 5) is 0. The Morgan fingerprint density at radius 2 is 2.10 bits per heavy atom. The number of aryl methyl sites for hydroxylation is 2. The van der Waals surface area contributed by atoms with E-state index in [-0.39, 0.29) is 11.9 Å². The third-order valence-corrected chi connectivity index (χ3v) is 3.61. The van der Waals surface area contributed by atoms with Crippen molar-refractivity contribution in [1.82, 2.24) is 15.1 Å². The Labute approximate surface area is 124 Å². The number of nitrogens with one attached hydrogen (secondary N) is 1. The fourth-order valence-corrected chi connectivity index (χ4v) is 2.54. The first kappa shape index (κ1) is 15.5. The Morgan fingerprint density at radius 3 is 2.67 bits per heavy atom. The second kappa shape index (κ2) is 6.72. The Kier molecular flexibility index (Phi) is 4.96. The van der Waals surface area contributed by atoms with Gasteiger partial charge in [0.25, 0.3) is 0 Å². The van der Waals surface area contributed by atoms with Crippen LogP contribution in [0, 0.1) is 5.82 Å². The number of hydrogen-bond acceptors (Lipinski definition) is 3. The maximum atomic E-state index is 13.6. The van der Waals surface area contributed by atoms with Crippen molar-refractivity contribution in [3.8, 4) is 5.75 Å². The largest absolute Gasteiger partial charge is 0.496 e. The first-order valence-electron chi connectivity index (χ1n) is 7.21. The minimum absolute atomic E-state index is 0.164. The monoisotopic (exact) mass is 291 g/mol. The molecule has 114 valence electrons. The molecule has 1 aromatic carbocycles. The zero-order valence-corrected chi connectivity index (χ0v) is 13.0. The Bertz CT molecular complexity index is 610. The van der Waals surface area contributed by atoms with Gasteiger partial charge in [-0.15, -0.1) is 0 Å². The number of nitrogens with zero attached hydrogens (tertiary/aromatic N) is 2. The first-order valence-corrected chi connectivity index (χ1v) is 7.21. The summed E-state index contributed by atoms with van der Waals surface area (Å²) < 4.78 is 21.0. The molecule has 0 amide bonds. The van der Waals surface area contributed by atoms with Gasteiger partial charge in [0.1, 0.15) is 11.6 Å². The molecule has 0 radical (unpaired) electrons. The molecule has 1 heterocycles. The molecule has 1 atom stereocenters. The van der Waals surface area contributed by atoms with Crippen LogP contribution in [0.1, 0.15) is 36.8 Å². The fourth-order valence-electron chi connectivity index (χ4n) is 2.54. The van der Waals surface area contributed by atoms with Crippen molar-refractivity contribution in [2.24, 2.45) is 0 Å². The summed E-state index contributed by atoms with van der Waals surface area (Å²) in [7, 11) is 3.45. The third-order valence-electron chi connectivity index (χ3n) is 3.61. The zero-order chi connectivity index (χ0) is 15.4. The number of rotatable bonds is 6. The van der Waals surface area contributed by atoms with E-state index >= 15 is 0 Å². The number of methoxy groups -OCH3 is 1. The van der Waals surface area contributed by atoms with Crippen molar-refractivity contribution in [2.75, 3.05) is 14.2 Å². The van der Waals surface area contributed by atoms with Gasteiger partial charge in [-0.05, 0) is 44.7 Å². The highest BCUT2D eigenvalue weighted by Crippen LogP contribution is 2.31. The molecule has 0 aliphatic rings. The highest BCUT2D eigenvalue weighted by molar-refractivity contribution is 5.41. The Balaban J connectivity index is 2.53. The number of hydrogen-bond donors (Lipinski definition) is 1. The average Bonchev–Trinajstić information content (AvgIpc) is 2.91. The summed E-state index contributed by atoms with van der Waals surface area (Å²) in [5.41, 5.74) is 2.82. The smallest absolute Gasteiger partial charge is 0.124 e. The molecular weight excluding hydrogens is 269 g/mol. The van der Waals surface area contributed by atoms with Crippen molar-refractivity contribution in [1.29, 1.82) is 0 Å². The summed E-state index contributed by atoms with van der Waals surface area (Å²) in [5, 5.41) is 7.80. The normalized spacial score (nSPS) is 12.4. The topological polar surface area (TPSA) is 39.1 Å². The van der Waals surface area contributed by atoms with Crippen LogP contribution in [-0.4, -0.2) is 23.9 Å². The van der Waals surface area contributed by atoms with Gasteiger partial charge < -0.3 is 10.1 Å². The van der Waals surface area contributed by atoms with Gasteiger partial charge in [0, 0.05) is 12.1 Å². The van der Waals surface area contributed by atoms with Crippen molar-refractivity contribution in [2.45, 2.75) is 32.9 Å². The van der Waals surface area contributed by atoms with Gasteiger partial charge in [-0.1, -0.05) is 6.92 Å². The number of aromatic nitrogens is 2. The van der Waals surface area contributed by atoms with Crippen LogP contribution in [0.5, 0.6) is 5.75 Å². The summed E-state index contributed by atoms with van der Waals surface area (Å²) >= 11 is 0. The molecule has 4 nitrogen and oxygen atoms in total. The van der Waals surface area contributed by atoms with E-state index < -0.39 is 0 Å². The van der Waals surface area contributed by atoms with E-state index in [0.29, 0.717) is 5.75 Å². The van der Waals surface area contributed by atoms with Gasteiger partial charge in [-0.2, -0.15) is 5.10 Å². The molecule has 0 fully saturated rings. The molecule has 0 saturated heterocycles. The molecule has 0 spiro atoms. The van der Waals surface area contributed by atoms with Crippen LogP contribution < -0.4 is 10.1 Å². The van der Waals surface area contributed by atoms with Gasteiger partial charge in [0.15, 0.2) is 0 Å². The summed E-state index contributed by atoms with van der Waals surface area (Å²) in [6.07, 6.45) is 0.872. The molecule has 2 aromatic rings. The lowest BCUT2D eigenvalue weighted by molar-refractivity contribution is 0.402. The van der Waals surface area contributed by atoms with Crippen LogP contribution in [0.3, 0.4) is 0 Å². The summed E-state index contributed by atoms with van der Waals surface area (Å²) in [6.45, 7) is 4.89. The van der Waals surface area contributed by atoms with Gasteiger partial charge in [-0.25, -0.2) is 4.39 Å². The summed E-state index contributed by atoms with van der Waals surface area (Å²) in [6, 6.07) is 6.48. The minimum atomic E-state index is -0.274. The molecule has 2 rings (SSSR count). The fraction of sp³-hybridized carbons (Fsp3) is 0.438. The van der Waals surface area contributed by atoms with Gasteiger partial charge >= 0.3 is 0 Å². The molecule has 5 heteroatoms. The van der Waals surface area contributed by atoms with E-state index in [4.69, 9.17) is 4.74 Å². The molecule has 21 heavy (non-hydrogen) atoms. The van der Waals surface area contributed by atoms with E-state index in [0.717, 1.165) is 29.9 Å². The van der Waals surface area contributed by atoms with Crippen LogP contribution in [0.15, 0.2) is 24.3 Å². The van der Waals surface area contributed by atoms with E-state index in [1.807, 2.05) is 18.7 Å². The predicted molar refractivity (Wildman–Crippen MR) is 81.1 cm³/mol. The maximum Gasteiger partial charge on any atom is 0.124 e. The van der Waals surface area contributed by atoms with Gasteiger partial charge in [-0.3, -0.25) is 4.68 Å². The molecule has 0 bridgehead atoms. The zero-order valence-electron chi connectivity index (χ0n) is 13.0. The second-order valence-electron chi connectivity index (χ2n) is 4.84. The molecule has 1 N–H and O–H groups in total. The van der Waals surface area contributed by atoms with Crippen LogP contribution in [-0.2, 0) is 13.0 Å². The minimum Gasteiger partial charge on any atom is -0.496 e. The highest BCUT2D eigenvalue weighted by atomic mass is 19.1. The van der Waals surface area contributed by atoms with Gasteiger partial charge in [0.2, 0.25) is 0 Å². The SMILES string of the molecule is CCc1cc(C(NC)c2cc(F)ccc2OC)n(CC)n1. The van der Waals surface area contributed by atoms with Crippen molar-refractivity contribution >= 4 is 0 Å². The molecule has 0 saturated carbocycles. The lowest BCUT2D eigenvalue weighted by atomic mass is 10.0. The molecular formula is C16H22FN3O. The highest BCUT2D eigenvalue weighted by Gasteiger charge is 2.21. The quantitative estimate of drug-likeness (QED) is 0.889. The predicted octanol–water partition coefficient (Wildman–Crippen LogP) is 2.92. The van der Waals surface area contributed by atoms with E-state index in [2.05, 4.69) is 23.4 Å². The van der Waals surface area contributed by atoms with Crippen molar-refractivity contribution in [3.63, 3.8) is 0 Å². The molecule has 1 unspecified atom stereocenters. The number of ether oxygens (including phenoxy) is 1. The van der Waals surface area contributed by atoms with Gasteiger partial charge in [0.05, 0.1) is 24.5 Å². The number of benzene rings is 1. The van der Waals surface area contributed by atoms with Crippen LogP contribution in [0.2, 0.25) is 0 Å². The maximum absolute atomic E-state index is 13.6. The molecule has 1 aromatic heterocycles. The standard InChI is InChI=1S/C16H22FN3O/c1-5-12-10-14(20(6-2)19-12)16(18-3)13-9-11(17)7-8-15(13)21-4/h7-10,16,18H,5-6H2,1-4H3. The second-order valence-corrected chi connectivity index (χ2v) is 4.84. The summed E-state index contributed by atoms with van der Waals surface area (Å²) in [5.74, 6) is 0.391. The van der Waals surface area contributed by atoms with Crippen molar-refractivity contribution < 1.29 is 9.13 Å². The van der Waals surface area contributed by atoms with Crippen molar-refractivity contribution in [3.05, 3.63) is 47.0 Å². The molecule has 0 aliphatic heterocycles. The first-order chi connectivity index (χ1) is 10.1.